The number of hydrogen-bond acceptors (Lipinski definition) is 5. The Kier molecular flexibility index (Phi) is 5.24. The van der Waals surface area contributed by atoms with Gasteiger partial charge >= 0.3 is 0 Å². The van der Waals surface area contributed by atoms with Gasteiger partial charge in [0.05, 0.1) is 11.4 Å². The molecule has 1 atom stereocenters. The summed E-state index contributed by atoms with van der Waals surface area (Å²) in [5, 5.41) is 4.22. The van der Waals surface area contributed by atoms with Crippen LogP contribution in [0.4, 0.5) is 5.69 Å². The van der Waals surface area contributed by atoms with Crippen LogP contribution >= 0.6 is 23.1 Å². The number of aromatic nitrogens is 2. The molecule has 4 nitrogen and oxygen atoms in total. The minimum atomic E-state index is -0.127. The zero-order chi connectivity index (χ0) is 19.7. The number of thiophene rings is 1. The van der Waals surface area contributed by atoms with Gasteiger partial charge in [-0.2, -0.15) is 0 Å². The summed E-state index contributed by atoms with van der Waals surface area (Å²) < 4.78 is 0. The van der Waals surface area contributed by atoms with Crippen molar-refractivity contribution in [3.63, 3.8) is 0 Å². The van der Waals surface area contributed by atoms with Crippen LogP contribution in [0.5, 0.6) is 0 Å². The summed E-state index contributed by atoms with van der Waals surface area (Å²) >= 11 is 3.28. The maximum atomic E-state index is 12.6. The van der Waals surface area contributed by atoms with Crippen LogP contribution in [-0.4, -0.2) is 9.97 Å². The summed E-state index contributed by atoms with van der Waals surface area (Å²) in [6.07, 6.45) is 0. The van der Waals surface area contributed by atoms with Crippen LogP contribution in [0.1, 0.15) is 29.2 Å². The highest BCUT2D eigenvalue weighted by molar-refractivity contribution is 7.99. The Morgan fingerprint density at radius 1 is 1.07 bits per heavy atom. The maximum absolute atomic E-state index is 12.6. The number of nitrogens with zero attached hydrogens (tertiary/aromatic N) is 1. The molecule has 0 amide bonds. The van der Waals surface area contributed by atoms with Crippen molar-refractivity contribution in [1.29, 1.82) is 0 Å². The Balaban J connectivity index is 1.63. The first-order valence-corrected chi connectivity index (χ1v) is 10.7. The normalized spacial score (nSPS) is 12.2. The predicted octanol–water partition coefficient (Wildman–Crippen LogP) is 5.93. The molecule has 2 aromatic carbocycles. The molecule has 142 valence electrons. The van der Waals surface area contributed by atoms with E-state index in [0.29, 0.717) is 11.2 Å². The predicted molar refractivity (Wildman–Crippen MR) is 119 cm³/mol. The quantitative estimate of drug-likeness (QED) is 0.431. The minimum absolute atomic E-state index is 0.0672. The average Bonchev–Trinajstić information content (AvgIpc) is 2.98. The third kappa shape index (κ3) is 3.70. The zero-order valence-electron chi connectivity index (χ0n) is 15.9. The van der Waals surface area contributed by atoms with Crippen molar-refractivity contribution in [2.75, 3.05) is 5.32 Å². The fourth-order valence-corrected chi connectivity index (χ4v) is 5.04. The third-order valence-electron chi connectivity index (χ3n) is 4.70. The average molecular weight is 408 g/mol. The Bertz CT molecular complexity index is 1180. The molecule has 0 saturated heterocycles. The fourth-order valence-electron chi connectivity index (χ4n) is 3.07. The Morgan fingerprint density at radius 2 is 1.79 bits per heavy atom. The summed E-state index contributed by atoms with van der Waals surface area (Å²) in [5.41, 5.74) is 1.97. The number of H-pyrrole nitrogens is 1. The molecule has 0 unspecified atom stereocenters. The zero-order valence-corrected chi connectivity index (χ0v) is 17.6. The van der Waals surface area contributed by atoms with E-state index < -0.39 is 0 Å². The van der Waals surface area contributed by atoms with Crippen molar-refractivity contribution < 1.29 is 0 Å². The van der Waals surface area contributed by atoms with Gasteiger partial charge in [0.15, 0.2) is 0 Å². The fraction of sp³-hybridized carbons (Fsp3) is 0.182. The van der Waals surface area contributed by atoms with Gasteiger partial charge in [0, 0.05) is 20.4 Å². The number of anilines is 1. The number of hydrogen-bond donors (Lipinski definition) is 2. The highest BCUT2D eigenvalue weighted by Gasteiger charge is 2.16. The summed E-state index contributed by atoms with van der Waals surface area (Å²) in [5.74, 6) is 0.651. The van der Waals surface area contributed by atoms with Crippen LogP contribution in [-0.2, 0) is 0 Å². The maximum Gasteiger partial charge on any atom is 0.259 e. The molecule has 2 heterocycles. The topological polar surface area (TPSA) is 57.8 Å². The van der Waals surface area contributed by atoms with E-state index in [2.05, 4.69) is 34.6 Å². The number of aromatic amines is 1. The Labute approximate surface area is 172 Å². The molecule has 0 aliphatic carbocycles. The molecular weight excluding hydrogens is 386 g/mol. The number of para-hydroxylation sites is 1. The molecular formula is C22H21N3OS2. The highest BCUT2D eigenvalue weighted by Crippen LogP contribution is 2.34. The minimum Gasteiger partial charge on any atom is -0.374 e. The van der Waals surface area contributed by atoms with Crippen LogP contribution < -0.4 is 10.9 Å². The van der Waals surface area contributed by atoms with Crippen LogP contribution in [0.2, 0.25) is 0 Å². The van der Waals surface area contributed by atoms with Crippen LogP contribution in [0.25, 0.3) is 10.2 Å². The van der Waals surface area contributed by atoms with E-state index in [9.17, 15) is 4.79 Å². The van der Waals surface area contributed by atoms with E-state index in [4.69, 9.17) is 4.98 Å². The van der Waals surface area contributed by atoms with Gasteiger partial charge in [-0.15, -0.1) is 11.3 Å². The highest BCUT2D eigenvalue weighted by atomic mass is 32.2. The second kappa shape index (κ2) is 7.81. The second-order valence-electron chi connectivity index (χ2n) is 6.69. The van der Waals surface area contributed by atoms with Gasteiger partial charge in [-0.25, -0.2) is 4.98 Å². The largest absolute Gasteiger partial charge is 0.374 e. The van der Waals surface area contributed by atoms with Gasteiger partial charge < -0.3 is 10.3 Å². The second-order valence-corrected chi connectivity index (χ2v) is 9.01. The summed E-state index contributed by atoms with van der Waals surface area (Å²) in [4.78, 5) is 24.5. The van der Waals surface area contributed by atoms with Gasteiger partial charge in [-0.05, 0) is 50.6 Å². The number of benzene rings is 2. The van der Waals surface area contributed by atoms with Gasteiger partial charge in [0.2, 0.25) is 0 Å². The Morgan fingerprint density at radius 3 is 2.57 bits per heavy atom. The van der Waals surface area contributed by atoms with E-state index >= 15 is 0 Å². The molecule has 0 saturated carbocycles. The van der Waals surface area contributed by atoms with E-state index in [0.717, 1.165) is 25.9 Å². The molecule has 2 aromatic heterocycles. The lowest BCUT2D eigenvalue weighted by Crippen LogP contribution is -2.17. The summed E-state index contributed by atoms with van der Waals surface area (Å²) in [6, 6.07) is 18.3. The van der Waals surface area contributed by atoms with Gasteiger partial charge in [0.1, 0.15) is 10.7 Å². The first-order valence-electron chi connectivity index (χ1n) is 9.11. The smallest absolute Gasteiger partial charge is 0.259 e. The Hall–Kier alpha value is -2.57. The molecule has 2 N–H and O–H groups in total. The first-order chi connectivity index (χ1) is 13.5. The number of fused-ring (bicyclic) bond motifs is 1. The third-order valence-corrected chi connectivity index (χ3v) is 6.88. The molecule has 0 aliphatic heterocycles. The molecule has 4 rings (SSSR count). The SMILES string of the molecule is Cc1sc2nc([C@@H](C)Nc3ccccc3Sc3ccccc3)[nH]c(=O)c2c1C. The van der Waals surface area contributed by atoms with E-state index in [1.54, 1.807) is 23.1 Å². The lowest BCUT2D eigenvalue weighted by molar-refractivity contribution is 0.790. The van der Waals surface area contributed by atoms with Gasteiger partial charge in [-0.1, -0.05) is 42.1 Å². The number of rotatable bonds is 5. The summed E-state index contributed by atoms with van der Waals surface area (Å²) in [7, 11) is 0. The lowest BCUT2D eigenvalue weighted by atomic mass is 10.2. The lowest BCUT2D eigenvalue weighted by Gasteiger charge is -2.17. The molecule has 6 heteroatoms. The summed E-state index contributed by atoms with van der Waals surface area (Å²) in [6.45, 7) is 6.02. The van der Waals surface area contributed by atoms with Gasteiger partial charge in [0.25, 0.3) is 5.56 Å². The number of aryl methyl sites for hydroxylation is 2. The van der Waals surface area contributed by atoms with Crippen molar-refractivity contribution >= 4 is 39.0 Å². The van der Waals surface area contributed by atoms with Crippen molar-refractivity contribution in [3.05, 3.63) is 81.2 Å². The van der Waals surface area contributed by atoms with Crippen molar-refractivity contribution in [2.45, 2.75) is 36.6 Å². The molecule has 4 aromatic rings. The van der Waals surface area contributed by atoms with Crippen LogP contribution in [0.15, 0.2) is 69.2 Å². The van der Waals surface area contributed by atoms with E-state index in [1.165, 1.54) is 4.90 Å². The first kappa shape index (κ1) is 18.8. The standard InChI is InChI=1S/C22H21N3OS2/c1-13-15(3)27-22-19(13)21(26)24-20(25-22)14(2)23-17-11-7-8-12-18(17)28-16-9-5-4-6-10-16/h4-12,14,23H,1-3H3,(H,24,25,26)/t14-/m1/s1. The van der Waals surface area contributed by atoms with Crippen molar-refractivity contribution in [3.8, 4) is 0 Å². The monoisotopic (exact) mass is 407 g/mol. The molecule has 28 heavy (non-hydrogen) atoms. The van der Waals surface area contributed by atoms with Gasteiger partial charge in [-0.3, -0.25) is 4.79 Å². The molecule has 0 fully saturated rings. The number of nitrogens with one attached hydrogen (secondary N) is 2. The van der Waals surface area contributed by atoms with E-state index in [-0.39, 0.29) is 11.6 Å². The molecule has 0 spiro atoms. The van der Waals surface area contributed by atoms with Crippen molar-refractivity contribution in [2.24, 2.45) is 0 Å². The molecule has 0 aliphatic rings. The van der Waals surface area contributed by atoms with Crippen LogP contribution in [0, 0.1) is 13.8 Å². The molecule has 0 radical (unpaired) electrons. The molecule has 0 bridgehead atoms. The van der Waals surface area contributed by atoms with E-state index in [1.807, 2.05) is 51.1 Å². The van der Waals surface area contributed by atoms with Crippen molar-refractivity contribution in [1.82, 2.24) is 9.97 Å². The van der Waals surface area contributed by atoms with Crippen LogP contribution in [0.3, 0.4) is 0 Å².